The standard InChI is InChI=1S/C14H19NO3/c1-17-12-7-5-6-11(10-12)13(14(16)18-2)15-8-3-4-9-15/h5-7,10,13H,3-4,8-9H2,1-2H3. The molecule has 0 spiro atoms. The van der Waals surface area contributed by atoms with E-state index in [0.717, 1.165) is 37.2 Å². The molecule has 1 aromatic rings. The van der Waals surface area contributed by atoms with Crippen molar-refractivity contribution in [2.75, 3.05) is 27.3 Å². The number of methoxy groups -OCH3 is 2. The highest BCUT2D eigenvalue weighted by atomic mass is 16.5. The Morgan fingerprint density at radius 3 is 2.61 bits per heavy atom. The molecule has 0 aromatic heterocycles. The van der Waals surface area contributed by atoms with Crippen molar-refractivity contribution in [3.05, 3.63) is 29.8 Å². The van der Waals surface area contributed by atoms with E-state index >= 15 is 0 Å². The molecule has 1 aliphatic rings. The zero-order chi connectivity index (χ0) is 13.0. The van der Waals surface area contributed by atoms with Crippen molar-refractivity contribution < 1.29 is 14.3 Å². The molecule has 1 saturated heterocycles. The average molecular weight is 249 g/mol. The molecule has 0 radical (unpaired) electrons. The highest BCUT2D eigenvalue weighted by Crippen LogP contribution is 2.28. The fourth-order valence-corrected chi connectivity index (χ4v) is 2.42. The average Bonchev–Trinajstić information content (AvgIpc) is 2.93. The Hall–Kier alpha value is -1.55. The molecule has 0 bridgehead atoms. The monoisotopic (exact) mass is 249 g/mol. The molecule has 1 aliphatic heterocycles. The van der Waals surface area contributed by atoms with E-state index in [9.17, 15) is 4.79 Å². The largest absolute Gasteiger partial charge is 0.497 e. The SMILES string of the molecule is COC(=O)C(c1cccc(OC)c1)N1CCCC1. The minimum absolute atomic E-state index is 0.204. The first-order chi connectivity index (χ1) is 8.76. The summed E-state index contributed by atoms with van der Waals surface area (Å²) in [5, 5.41) is 0. The molecule has 98 valence electrons. The lowest BCUT2D eigenvalue weighted by atomic mass is 10.1. The predicted octanol–water partition coefficient (Wildman–Crippen LogP) is 2.01. The fraction of sp³-hybridized carbons (Fsp3) is 0.500. The molecule has 4 heteroatoms. The normalized spacial score (nSPS) is 17.4. The molecule has 2 rings (SSSR count). The van der Waals surface area contributed by atoms with Crippen LogP contribution in [0, 0.1) is 0 Å². The van der Waals surface area contributed by atoms with Crippen LogP contribution in [0.1, 0.15) is 24.4 Å². The maximum absolute atomic E-state index is 12.0. The minimum Gasteiger partial charge on any atom is -0.497 e. The van der Waals surface area contributed by atoms with Gasteiger partial charge in [0.05, 0.1) is 14.2 Å². The van der Waals surface area contributed by atoms with Gasteiger partial charge in [-0.2, -0.15) is 0 Å². The molecular weight excluding hydrogens is 230 g/mol. The van der Waals surface area contributed by atoms with E-state index < -0.39 is 0 Å². The Morgan fingerprint density at radius 1 is 1.28 bits per heavy atom. The van der Waals surface area contributed by atoms with Gasteiger partial charge in [-0.15, -0.1) is 0 Å². The molecule has 1 fully saturated rings. The van der Waals surface area contributed by atoms with E-state index in [1.165, 1.54) is 7.11 Å². The zero-order valence-corrected chi connectivity index (χ0v) is 10.9. The maximum Gasteiger partial charge on any atom is 0.327 e. The maximum atomic E-state index is 12.0. The first-order valence-corrected chi connectivity index (χ1v) is 6.22. The second kappa shape index (κ2) is 5.87. The van der Waals surface area contributed by atoms with Crippen molar-refractivity contribution in [2.45, 2.75) is 18.9 Å². The van der Waals surface area contributed by atoms with Crippen LogP contribution >= 0.6 is 0 Å². The number of nitrogens with zero attached hydrogens (tertiary/aromatic N) is 1. The van der Waals surface area contributed by atoms with Crippen molar-refractivity contribution >= 4 is 5.97 Å². The first kappa shape index (κ1) is 12.9. The van der Waals surface area contributed by atoms with E-state index in [-0.39, 0.29) is 12.0 Å². The van der Waals surface area contributed by atoms with E-state index in [4.69, 9.17) is 9.47 Å². The Kier molecular flexibility index (Phi) is 4.20. The van der Waals surface area contributed by atoms with Gasteiger partial charge in [-0.3, -0.25) is 4.90 Å². The number of carbonyl (C=O) groups excluding carboxylic acids is 1. The predicted molar refractivity (Wildman–Crippen MR) is 68.6 cm³/mol. The highest BCUT2D eigenvalue weighted by Gasteiger charge is 2.30. The van der Waals surface area contributed by atoms with E-state index in [1.54, 1.807) is 7.11 Å². The lowest BCUT2D eigenvalue weighted by molar-refractivity contribution is -0.146. The third kappa shape index (κ3) is 2.64. The van der Waals surface area contributed by atoms with Gasteiger partial charge in [0.15, 0.2) is 0 Å². The van der Waals surface area contributed by atoms with Crippen molar-refractivity contribution in [3.8, 4) is 5.75 Å². The summed E-state index contributed by atoms with van der Waals surface area (Å²) in [5.74, 6) is 0.561. The molecule has 0 saturated carbocycles. The Balaban J connectivity index is 2.29. The number of ether oxygens (including phenoxy) is 2. The molecule has 1 unspecified atom stereocenters. The molecule has 18 heavy (non-hydrogen) atoms. The second-order valence-electron chi connectivity index (χ2n) is 4.45. The Labute approximate surface area is 107 Å². The molecular formula is C14H19NO3. The van der Waals surface area contributed by atoms with E-state index in [2.05, 4.69) is 4.90 Å². The summed E-state index contributed by atoms with van der Waals surface area (Å²) in [6.07, 6.45) is 2.27. The summed E-state index contributed by atoms with van der Waals surface area (Å²) < 4.78 is 10.1. The quantitative estimate of drug-likeness (QED) is 0.765. The number of hydrogen-bond donors (Lipinski definition) is 0. The summed E-state index contributed by atoms with van der Waals surface area (Å²) in [4.78, 5) is 14.2. The van der Waals surface area contributed by atoms with Crippen molar-refractivity contribution in [1.82, 2.24) is 4.90 Å². The van der Waals surface area contributed by atoms with Crippen LogP contribution in [0.5, 0.6) is 5.75 Å². The first-order valence-electron chi connectivity index (χ1n) is 6.22. The summed E-state index contributed by atoms with van der Waals surface area (Å²) in [7, 11) is 3.06. The van der Waals surface area contributed by atoms with Gasteiger partial charge >= 0.3 is 5.97 Å². The minimum atomic E-state index is -0.312. The van der Waals surface area contributed by atoms with Gasteiger partial charge in [-0.25, -0.2) is 4.79 Å². The van der Waals surface area contributed by atoms with Crippen LogP contribution in [0.4, 0.5) is 0 Å². The van der Waals surface area contributed by atoms with Gasteiger partial charge in [0.2, 0.25) is 0 Å². The van der Waals surface area contributed by atoms with E-state index in [1.807, 2.05) is 24.3 Å². The van der Waals surface area contributed by atoms with Crippen molar-refractivity contribution in [2.24, 2.45) is 0 Å². The van der Waals surface area contributed by atoms with Gasteiger partial charge < -0.3 is 9.47 Å². The summed E-state index contributed by atoms with van der Waals surface area (Å²) in [5.41, 5.74) is 0.933. The zero-order valence-electron chi connectivity index (χ0n) is 10.9. The summed E-state index contributed by atoms with van der Waals surface area (Å²) in [6, 6.07) is 7.32. The molecule has 1 atom stereocenters. The Morgan fingerprint density at radius 2 is 2.00 bits per heavy atom. The van der Waals surface area contributed by atoms with Crippen LogP contribution in [-0.4, -0.2) is 38.2 Å². The van der Waals surface area contributed by atoms with Crippen LogP contribution in [0.25, 0.3) is 0 Å². The van der Waals surface area contributed by atoms with Gasteiger partial charge in [0, 0.05) is 0 Å². The second-order valence-corrected chi connectivity index (χ2v) is 4.45. The van der Waals surface area contributed by atoms with Gasteiger partial charge in [-0.1, -0.05) is 12.1 Å². The molecule has 0 aliphatic carbocycles. The lowest BCUT2D eigenvalue weighted by Gasteiger charge is -2.25. The van der Waals surface area contributed by atoms with Gasteiger partial charge in [-0.05, 0) is 43.6 Å². The lowest BCUT2D eigenvalue weighted by Crippen LogP contribution is -2.32. The molecule has 1 heterocycles. The summed E-state index contributed by atoms with van der Waals surface area (Å²) >= 11 is 0. The van der Waals surface area contributed by atoms with Crippen LogP contribution in [0.3, 0.4) is 0 Å². The molecule has 1 aromatic carbocycles. The number of carbonyl (C=O) groups is 1. The van der Waals surface area contributed by atoms with Crippen LogP contribution < -0.4 is 4.74 Å². The number of esters is 1. The molecule has 4 nitrogen and oxygen atoms in total. The van der Waals surface area contributed by atoms with Crippen LogP contribution in [0.2, 0.25) is 0 Å². The van der Waals surface area contributed by atoms with Crippen molar-refractivity contribution in [3.63, 3.8) is 0 Å². The fourth-order valence-electron chi connectivity index (χ4n) is 2.42. The highest BCUT2D eigenvalue weighted by molar-refractivity contribution is 5.77. The van der Waals surface area contributed by atoms with Gasteiger partial charge in [0.25, 0.3) is 0 Å². The smallest absolute Gasteiger partial charge is 0.327 e. The number of rotatable bonds is 4. The van der Waals surface area contributed by atoms with Gasteiger partial charge in [0.1, 0.15) is 11.8 Å². The summed E-state index contributed by atoms with van der Waals surface area (Å²) in [6.45, 7) is 1.88. The topological polar surface area (TPSA) is 38.8 Å². The van der Waals surface area contributed by atoms with Crippen molar-refractivity contribution in [1.29, 1.82) is 0 Å². The van der Waals surface area contributed by atoms with Crippen LogP contribution in [0.15, 0.2) is 24.3 Å². The molecule has 0 N–H and O–H groups in total. The molecule has 0 amide bonds. The van der Waals surface area contributed by atoms with Crippen LogP contribution in [-0.2, 0) is 9.53 Å². The van der Waals surface area contributed by atoms with E-state index in [0.29, 0.717) is 0 Å². The third-order valence-corrected chi connectivity index (χ3v) is 3.34. The Bertz CT molecular complexity index is 413. The number of benzene rings is 1. The number of likely N-dealkylation sites (tertiary alicyclic amines) is 1. The number of hydrogen-bond acceptors (Lipinski definition) is 4. The third-order valence-electron chi connectivity index (χ3n) is 3.34.